The van der Waals surface area contributed by atoms with Crippen molar-refractivity contribution in [3.05, 3.63) is 108 Å². The van der Waals surface area contributed by atoms with Crippen LogP contribution >= 0.6 is 0 Å². The van der Waals surface area contributed by atoms with E-state index >= 15 is 0 Å². The van der Waals surface area contributed by atoms with Gasteiger partial charge in [-0.3, -0.25) is 4.68 Å². The Bertz CT molecular complexity index is 1360. The van der Waals surface area contributed by atoms with Crippen molar-refractivity contribution in [2.24, 2.45) is 5.92 Å². The molecule has 5 atom stereocenters. The van der Waals surface area contributed by atoms with Crippen LogP contribution in [0.3, 0.4) is 0 Å². The van der Waals surface area contributed by atoms with Gasteiger partial charge in [0.25, 0.3) is 0 Å². The van der Waals surface area contributed by atoms with Gasteiger partial charge >= 0.3 is 0 Å². The third kappa shape index (κ3) is 6.64. The molecule has 5 rings (SSSR count). The van der Waals surface area contributed by atoms with E-state index in [9.17, 15) is 5.11 Å². The van der Waals surface area contributed by atoms with Gasteiger partial charge in [-0.05, 0) is 54.0 Å². The SMILES string of the molecule is COc1ccc([Si](C)(C)[C@H]2[C@H](C)[C@H](CCc3ccccc3)O[C@@H]2CCn2cc(C(CO)c3ccccc3)nn2)cc1. The van der Waals surface area contributed by atoms with Crippen molar-refractivity contribution in [2.75, 3.05) is 13.7 Å². The number of aliphatic hydroxyl groups excluding tert-OH is 1. The van der Waals surface area contributed by atoms with Crippen molar-refractivity contribution >= 4 is 13.3 Å². The number of aliphatic hydroxyl groups is 1. The van der Waals surface area contributed by atoms with Gasteiger partial charge in [0.2, 0.25) is 0 Å². The highest BCUT2D eigenvalue weighted by atomic mass is 28.3. The molecular formula is C34H43N3O3Si. The maximum Gasteiger partial charge on any atom is 0.118 e. The maximum absolute atomic E-state index is 10.1. The molecule has 6 nitrogen and oxygen atoms in total. The summed E-state index contributed by atoms with van der Waals surface area (Å²) in [6.07, 6.45) is 5.27. The minimum atomic E-state index is -1.92. The molecule has 0 aliphatic carbocycles. The number of hydrogen-bond donors (Lipinski definition) is 1. The third-order valence-corrected chi connectivity index (χ3v) is 13.5. The van der Waals surface area contributed by atoms with Gasteiger partial charge in [-0.1, -0.05) is 103 Å². The lowest BCUT2D eigenvalue weighted by Gasteiger charge is -2.36. The standard InChI is InChI=1S/C34H43N3O3Si/c1-25-32(20-15-26-11-7-5-8-12-26)40-33(34(25)41(3,4)29-18-16-28(39-2)17-19-29)21-22-37-23-31(35-36-37)30(24-38)27-13-9-6-10-14-27/h5-14,16-19,23,25,30,32-34,38H,15,20-22,24H2,1-4H3/t25-,30?,32+,33-,34+/m1/s1. The van der Waals surface area contributed by atoms with Gasteiger partial charge in [-0.15, -0.1) is 5.10 Å². The third-order valence-electron chi connectivity index (χ3n) is 9.07. The van der Waals surface area contributed by atoms with Crippen LogP contribution in [0.5, 0.6) is 5.75 Å². The Labute approximate surface area is 245 Å². The number of aryl methyl sites for hydroxylation is 2. The first-order valence-electron chi connectivity index (χ1n) is 14.8. The van der Waals surface area contributed by atoms with Crippen LogP contribution in [0, 0.1) is 5.92 Å². The van der Waals surface area contributed by atoms with Crippen LogP contribution in [0.4, 0.5) is 0 Å². The van der Waals surface area contributed by atoms with E-state index in [1.54, 1.807) is 7.11 Å². The van der Waals surface area contributed by atoms with Crippen LogP contribution in [-0.4, -0.2) is 54.1 Å². The molecule has 0 radical (unpaired) electrons. The molecule has 1 aliphatic heterocycles. The number of ether oxygens (including phenoxy) is 2. The predicted molar refractivity (Wildman–Crippen MR) is 166 cm³/mol. The summed E-state index contributed by atoms with van der Waals surface area (Å²) in [5.41, 5.74) is 3.67. The molecule has 1 fully saturated rings. The second-order valence-electron chi connectivity index (χ2n) is 11.9. The fourth-order valence-corrected chi connectivity index (χ4v) is 10.9. The average Bonchev–Trinajstić information content (AvgIpc) is 3.60. The average molecular weight is 570 g/mol. The Morgan fingerprint density at radius 1 is 0.927 bits per heavy atom. The number of benzene rings is 3. The summed E-state index contributed by atoms with van der Waals surface area (Å²) < 4.78 is 14.3. The smallest absolute Gasteiger partial charge is 0.118 e. The summed E-state index contributed by atoms with van der Waals surface area (Å²) in [5.74, 6) is 1.17. The van der Waals surface area contributed by atoms with E-state index in [0.717, 1.165) is 42.8 Å². The lowest BCUT2D eigenvalue weighted by atomic mass is 9.95. The normalized spacial score (nSPS) is 21.6. The molecule has 1 saturated heterocycles. The van der Waals surface area contributed by atoms with Crippen molar-refractivity contribution < 1.29 is 14.6 Å². The van der Waals surface area contributed by atoms with Crippen LogP contribution in [-0.2, 0) is 17.7 Å². The summed E-state index contributed by atoms with van der Waals surface area (Å²) in [6.45, 7) is 8.11. The van der Waals surface area contributed by atoms with Gasteiger partial charge in [0.1, 0.15) is 5.75 Å². The summed E-state index contributed by atoms with van der Waals surface area (Å²) in [7, 11) is -0.200. The molecule has 1 aromatic heterocycles. The first-order chi connectivity index (χ1) is 19.9. The molecule has 2 heterocycles. The molecule has 3 aromatic carbocycles. The van der Waals surface area contributed by atoms with Crippen molar-refractivity contribution in [2.45, 2.75) is 69.5 Å². The molecule has 0 bridgehead atoms. The number of nitrogens with zero attached hydrogens (tertiary/aromatic N) is 3. The molecule has 1 N–H and O–H groups in total. The zero-order valence-electron chi connectivity index (χ0n) is 24.7. The van der Waals surface area contributed by atoms with Gasteiger partial charge in [0.15, 0.2) is 0 Å². The van der Waals surface area contributed by atoms with E-state index in [-0.39, 0.29) is 24.7 Å². The molecule has 0 saturated carbocycles. The number of rotatable bonds is 12. The molecule has 1 aliphatic rings. The molecule has 1 unspecified atom stereocenters. The lowest BCUT2D eigenvalue weighted by molar-refractivity contribution is 0.0250. The second kappa shape index (κ2) is 13.1. The van der Waals surface area contributed by atoms with E-state index < -0.39 is 8.07 Å². The number of methoxy groups -OCH3 is 1. The minimum absolute atomic E-state index is 0.00121. The topological polar surface area (TPSA) is 69.4 Å². The van der Waals surface area contributed by atoms with Crippen LogP contribution in [0.1, 0.15) is 42.5 Å². The van der Waals surface area contributed by atoms with E-state index in [0.29, 0.717) is 11.5 Å². The van der Waals surface area contributed by atoms with Gasteiger partial charge in [-0.25, -0.2) is 0 Å². The highest BCUT2D eigenvalue weighted by Gasteiger charge is 2.50. The summed E-state index contributed by atoms with van der Waals surface area (Å²) in [6, 6.07) is 29.4. The lowest BCUT2D eigenvalue weighted by Crippen LogP contribution is -2.50. The second-order valence-corrected chi connectivity index (χ2v) is 16.6. The van der Waals surface area contributed by atoms with Gasteiger partial charge in [0.05, 0.1) is 45.6 Å². The molecule has 7 heteroatoms. The highest BCUT2D eigenvalue weighted by Crippen LogP contribution is 2.46. The summed E-state index contributed by atoms with van der Waals surface area (Å²) >= 11 is 0. The fraction of sp³-hybridized carbons (Fsp3) is 0.412. The zero-order valence-corrected chi connectivity index (χ0v) is 25.7. The first kappa shape index (κ1) is 29.2. The first-order valence-corrected chi connectivity index (χ1v) is 17.9. The van der Waals surface area contributed by atoms with Gasteiger partial charge < -0.3 is 14.6 Å². The molecule has 41 heavy (non-hydrogen) atoms. The number of aromatic nitrogens is 3. The minimum Gasteiger partial charge on any atom is -0.497 e. The Kier molecular flexibility index (Phi) is 9.38. The summed E-state index contributed by atoms with van der Waals surface area (Å²) in [4.78, 5) is 0. The van der Waals surface area contributed by atoms with Gasteiger partial charge in [-0.2, -0.15) is 0 Å². The van der Waals surface area contributed by atoms with E-state index in [2.05, 4.69) is 84.9 Å². The van der Waals surface area contributed by atoms with Crippen molar-refractivity contribution in [1.29, 1.82) is 0 Å². The summed E-state index contributed by atoms with van der Waals surface area (Å²) in [5, 5.41) is 20.4. The van der Waals surface area contributed by atoms with Crippen LogP contribution in [0.25, 0.3) is 0 Å². The molecule has 4 aromatic rings. The largest absolute Gasteiger partial charge is 0.497 e. The van der Waals surface area contributed by atoms with Crippen molar-refractivity contribution in [3.8, 4) is 5.75 Å². The van der Waals surface area contributed by atoms with E-state index in [1.807, 2.05) is 41.2 Å². The Morgan fingerprint density at radius 2 is 1.61 bits per heavy atom. The van der Waals surface area contributed by atoms with Crippen molar-refractivity contribution in [3.63, 3.8) is 0 Å². The van der Waals surface area contributed by atoms with Crippen LogP contribution < -0.4 is 9.92 Å². The van der Waals surface area contributed by atoms with Crippen molar-refractivity contribution in [1.82, 2.24) is 15.0 Å². The molecular weight excluding hydrogens is 526 g/mol. The fourth-order valence-electron chi connectivity index (χ4n) is 6.77. The van der Waals surface area contributed by atoms with E-state index in [4.69, 9.17) is 9.47 Å². The Hall–Kier alpha value is -3.26. The predicted octanol–water partition coefficient (Wildman–Crippen LogP) is 5.82. The molecule has 0 spiro atoms. The zero-order chi connectivity index (χ0) is 28.8. The quantitative estimate of drug-likeness (QED) is 0.218. The van der Waals surface area contributed by atoms with Gasteiger partial charge in [0, 0.05) is 12.7 Å². The van der Waals surface area contributed by atoms with Crippen LogP contribution in [0.15, 0.2) is 91.1 Å². The Balaban J connectivity index is 1.34. The molecule has 216 valence electrons. The monoisotopic (exact) mass is 569 g/mol. The van der Waals surface area contributed by atoms with Crippen LogP contribution in [0.2, 0.25) is 18.6 Å². The number of hydrogen-bond acceptors (Lipinski definition) is 5. The Morgan fingerprint density at radius 3 is 2.27 bits per heavy atom. The highest BCUT2D eigenvalue weighted by molar-refractivity contribution is 6.91. The maximum atomic E-state index is 10.1. The van der Waals surface area contributed by atoms with E-state index in [1.165, 1.54) is 10.8 Å². The molecule has 0 amide bonds.